The van der Waals surface area contributed by atoms with E-state index in [0.29, 0.717) is 22.4 Å². The summed E-state index contributed by atoms with van der Waals surface area (Å²) in [5.41, 5.74) is 2.63. The van der Waals surface area contributed by atoms with E-state index in [1.54, 1.807) is 31.2 Å². The number of rotatable bonds is 8. The number of alkyl halides is 3. The molecule has 0 spiro atoms. The average molecular weight is 556 g/mol. The quantitative estimate of drug-likeness (QED) is 0.244. The number of carbonyl (C=O) groups is 1. The minimum atomic E-state index is -4.88. The lowest BCUT2D eigenvalue weighted by molar-refractivity contribution is -0.274. The molecule has 0 aliphatic rings. The summed E-state index contributed by atoms with van der Waals surface area (Å²) < 4.78 is 73.5. The van der Waals surface area contributed by atoms with Crippen molar-refractivity contribution in [3.05, 3.63) is 91.0 Å². The van der Waals surface area contributed by atoms with Gasteiger partial charge in [0.05, 0.1) is 16.3 Å². The second-order valence-electron chi connectivity index (χ2n) is 8.46. The van der Waals surface area contributed by atoms with Crippen LogP contribution in [-0.2, 0) is 14.6 Å². The first kappa shape index (κ1) is 27.7. The van der Waals surface area contributed by atoms with Crippen LogP contribution in [0.1, 0.15) is 13.8 Å². The van der Waals surface area contributed by atoms with Gasteiger partial charge in [0.15, 0.2) is 9.84 Å². The van der Waals surface area contributed by atoms with E-state index in [4.69, 9.17) is 4.74 Å². The highest BCUT2D eigenvalue weighted by Gasteiger charge is 2.31. The molecule has 1 N–H and O–H groups in total. The second kappa shape index (κ2) is 11.2. The first-order valence-corrected chi connectivity index (χ1v) is 13.5. The maximum absolute atomic E-state index is 12.8. The van der Waals surface area contributed by atoms with Crippen molar-refractivity contribution in [2.75, 3.05) is 11.1 Å². The molecule has 0 aromatic heterocycles. The average Bonchev–Trinajstić information content (AvgIpc) is 2.88. The maximum Gasteiger partial charge on any atom is 0.573 e. The molecule has 10 heteroatoms. The van der Waals surface area contributed by atoms with Crippen molar-refractivity contribution in [2.45, 2.75) is 25.1 Å². The summed E-state index contributed by atoms with van der Waals surface area (Å²) in [5.74, 6) is -0.601. The molecule has 0 aliphatic heterocycles. The molecule has 0 fully saturated rings. The molecule has 0 heterocycles. The van der Waals surface area contributed by atoms with Crippen molar-refractivity contribution in [3.63, 3.8) is 0 Å². The van der Waals surface area contributed by atoms with Gasteiger partial charge in [-0.1, -0.05) is 55.5 Å². The Morgan fingerprint density at radius 3 is 2.13 bits per heavy atom. The minimum absolute atomic E-state index is 0.0559. The zero-order valence-electron chi connectivity index (χ0n) is 21.0. The summed E-state index contributed by atoms with van der Waals surface area (Å²) in [6, 6.07) is 23.8. The molecular formula is C29H24F3NO5S. The van der Waals surface area contributed by atoms with E-state index in [2.05, 4.69) is 10.1 Å². The lowest BCUT2D eigenvalue weighted by Crippen LogP contribution is -2.17. The number of nitrogens with one attached hydrogen (secondary N) is 1. The lowest BCUT2D eigenvalue weighted by atomic mass is 9.95. The van der Waals surface area contributed by atoms with Crippen LogP contribution in [0.25, 0.3) is 22.3 Å². The Balaban J connectivity index is 1.94. The first-order valence-electron chi connectivity index (χ1n) is 11.8. The van der Waals surface area contributed by atoms with Crippen LogP contribution in [0.4, 0.5) is 18.9 Å². The topological polar surface area (TPSA) is 81.7 Å². The highest BCUT2D eigenvalue weighted by Crippen LogP contribution is 2.46. The van der Waals surface area contributed by atoms with Gasteiger partial charge in [-0.05, 0) is 47.5 Å². The van der Waals surface area contributed by atoms with Crippen LogP contribution in [0, 0.1) is 0 Å². The van der Waals surface area contributed by atoms with Crippen LogP contribution in [-0.4, -0.2) is 26.4 Å². The molecule has 0 atom stereocenters. The number of benzene rings is 4. The van der Waals surface area contributed by atoms with Gasteiger partial charge in [-0.15, -0.1) is 13.2 Å². The molecular weight excluding hydrogens is 531 g/mol. The van der Waals surface area contributed by atoms with Gasteiger partial charge in [0, 0.05) is 24.1 Å². The Kier molecular flexibility index (Phi) is 7.96. The Bertz CT molecular complexity index is 1590. The molecule has 0 saturated carbocycles. The summed E-state index contributed by atoms with van der Waals surface area (Å²) in [5, 5.41) is 2.76. The third kappa shape index (κ3) is 6.77. The molecule has 39 heavy (non-hydrogen) atoms. The molecule has 4 aromatic rings. The summed E-state index contributed by atoms with van der Waals surface area (Å²) in [6.45, 7) is 2.88. The molecule has 6 nitrogen and oxygen atoms in total. The number of carbonyl (C=O) groups excluding carboxylic acids is 1. The van der Waals surface area contributed by atoms with E-state index in [9.17, 15) is 26.4 Å². The maximum atomic E-state index is 12.8. The summed E-state index contributed by atoms with van der Waals surface area (Å²) >= 11 is 0. The molecule has 0 aliphatic carbocycles. The largest absolute Gasteiger partial charge is 0.573 e. The number of hydrogen-bond donors (Lipinski definition) is 1. The number of ether oxygens (including phenoxy) is 2. The zero-order valence-corrected chi connectivity index (χ0v) is 21.8. The SMILES string of the molecule is CCS(=O)(=O)c1ccc(-c2c(NC(C)=O)ccc(-c3ccccc3)c2Oc2cccc(OC(F)(F)F)c2)cc1. The normalized spacial score (nSPS) is 11.6. The highest BCUT2D eigenvalue weighted by molar-refractivity contribution is 7.91. The van der Waals surface area contributed by atoms with Crippen molar-refractivity contribution in [1.29, 1.82) is 0 Å². The fraction of sp³-hybridized carbons (Fsp3) is 0.138. The van der Waals surface area contributed by atoms with Crippen molar-refractivity contribution in [3.8, 4) is 39.5 Å². The van der Waals surface area contributed by atoms with Crippen LogP contribution < -0.4 is 14.8 Å². The summed E-state index contributed by atoms with van der Waals surface area (Å²) in [4.78, 5) is 12.2. The van der Waals surface area contributed by atoms with E-state index < -0.39 is 21.9 Å². The number of hydrogen-bond acceptors (Lipinski definition) is 5. The Labute approximate surface area is 223 Å². The molecule has 0 unspecified atom stereocenters. The van der Waals surface area contributed by atoms with E-state index >= 15 is 0 Å². The van der Waals surface area contributed by atoms with E-state index in [1.165, 1.54) is 31.2 Å². The van der Waals surface area contributed by atoms with E-state index in [-0.39, 0.29) is 28.1 Å². The van der Waals surface area contributed by atoms with Crippen LogP contribution in [0.15, 0.2) is 95.9 Å². The molecule has 4 rings (SSSR count). The van der Waals surface area contributed by atoms with Gasteiger partial charge in [-0.2, -0.15) is 0 Å². The Morgan fingerprint density at radius 2 is 1.51 bits per heavy atom. The van der Waals surface area contributed by atoms with Crippen LogP contribution in [0.5, 0.6) is 17.2 Å². The number of halogens is 3. The fourth-order valence-corrected chi connectivity index (χ4v) is 4.85. The van der Waals surface area contributed by atoms with Crippen LogP contribution in [0.3, 0.4) is 0 Å². The third-order valence-corrected chi connectivity index (χ3v) is 7.44. The van der Waals surface area contributed by atoms with Crippen molar-refractivity contribution < 1.29 is 35.9 Å². The first-order chi connectivity index (χ1) is 18.5. The predicted molar refractivity (Wildman–Crippen MR) is 143 cm³/mol. The van der Waals surface area contributed by atoms with E-state index in [0.717, 1.165) is 17.7 Å². The third-order valence-electron chi connectivity index (χ3n) is 5.69. The zero-order chi connectivity index (χ0) is 28.2. The predicted octanol–water partition coefficient (Wildman–Crippen LogP) is 7.46. The van der Waals surface area contributed by atoms with Crippen LogP contribution in [0.2, 0.25) is 0 Å². The number of sulfone groups is 1. The van der Waals surface area contributed by atoms with Gasteiger partial charge in [0.2, 0.25) is 5.91 Å². The Hall–Kier alpha value is -4.31. The monoisotopic (exact) mass is 555 g/mol. The summed E-state index contributed by atoms with van der Waals surface area (Å²) in [6.07, 6.45) is -4.88. The molecule has 4 aromatic carbocycles. The minimum Gasteiger partial charge on any atom is -0.456 e. The van der Waals surface area contributed by atoms with Gasteiger partial charge in [0.25, 0.3) is 0 Å². The number of amides is 1. The van der Waals surface area contributed by atoms with Crippen LogP contribution >= 0.6 is 0 Å². The van der Waals surface area contributed by atoms with Gasteiger partial charge >= 0.3 is 6.36 Å². The van der Waals surface area contributed by atoms with Crippen molar-refractivity contribution >= 4 is 21.4 Å². The smallest absolute Gasteiger partial charge is 0.456 e. The highest BCUT2D eigenvalue weighted by atomic mass is 32.2. The van der Waals surface area contributed by atoms with Crippen molar-refractivity contribution in [2.24, 2.45) is 0 Å². The molecule has 202 valence electrons. The molecule has 0 saturated heterocycles. The molecule has 1 amide bonds. The Morgan fingerprint density at radius 1 is 0.846 bits per heavy atom. The van der Waals surface area contributed by atoms with Gasteiger partial charge in [-0.3, -0.25) is 4.79 Å². The van der Waals surface area contributed by atoms with Gasteiger partial charge < -0.3 is 14.8 Å². The van der Waals surface area contributed by atoms with Crippen molar-refractivity contribution in [1.82, 2.24) is 0 Å². The second-order valence-corrected chi connectivity index (χ2v) is 10.7. The fourth-order valence-electron chi connectivity index (χ4n) is 3.96. The molecule has 0 bridgehead atoms. The van der Waals surface area contributed by atoms with Gasteiger partial charge in [-0.25, -0.2) is 8.42 Å². The lowest BCUT2D eigenvalue weighted by Gasteiger charge is -2.20. The molecule has 0 radical (unpaired) electrons. The van der Waals surface area contributed by atoms with Gasteiger partial charge in [0.1, 0.15) is 17.2 Å². The summed E-state index contributed by atoms with van der Waals surface area (Å²) in [7, 11) is -3.46. The van der Waals surface area contributed by atoms with E-state index in [1.807, 2.05) is 30.3 Å². The number of anilines is 1. The standard InChI is InChI=1S/C29H24F3NO5S/c1-3-39(35,36)24-14-12-21(13-15-24)27-26(33-19(2)34)17-16-25(20-8-5-4-6-9-20)28(27)37-22-10-7-11-23(18-22)38-29(30,31)32/h4-18H,3H2,1-2H3,(H,33,34).